The molecule has 3 aromatic carbocycles. The molecule has 0 saturated carbocycles. The van der Waals surface area contributed by atoms with Crippen LogP contribution in [-0.2, 0) is 13.0 Å². The Morgan fingerprint density at radius 3 is 2.27 bits per heavy atom. The summed E-state index contributed by atoms with van der Waals surface area (Å²) in [6.07, 6.45) is 0.101. The quantitative estimate of drug-likeness (QED) is 0.400. The number of rotatable bonds is 11. The maximum absolute atomic E-state index is 11.0. The third kappa shape index (κ3) is 6.64. The molecule has 0 aliphatic heterocycles. The maximum Gasteiger partial charge on any atom is 0.160 e. The van der Waals surface area contributed by atoms with Crippen molar-refractivity contribution < 1.29 is 19.3 Å². The summed E-state index contributed by atoms with van der Waals surface area (Å²) in [5, 5.41) is 11.6. The Balaban J connectivity index is 1.85. The predicted molar refractivity (Wildman–Crippen MR) is 133 cm³/mol. The van der Waals surface area contributed by atoms with Crippen LogP contribution < -0.4 is 14.2 Å². The van der Waals surface area contributed by atoms with E-state index >= 15 is 0 Å². The Hall–Kier alpha value is -2.73. The minimum absolute atomic E-state index is 0.127. The molecule has 0 radical (unpaired) electrons. The second-order valence-electron chi connectivity index (χ2n) is 8.05. The lowest BCUT2D eigenvalue weighted by molar-refractivity contribution is 0.0853. The Morgan fingerprint density at radius 2 is 1.58 bits per heavy atom. The van der Waals surface area contributed by atoms with Crippen LogP contribution >= 0.6 is 11.6 Å². The van der Waals surface area contributed by atoms with Gasteiger partial charge in [-0.25, -0.2) is 0 Å². The van der Waals surface area contributed by atoms with E-state index in [0.29, 0.717) is 29.6 Å². The number of para-hydroxylation sites is 1. The van der Waals surface area contributed by atoms with Crippen LogP contribution in [0.2, 0.25) is 5.02 Å². The summed E-state index contributed by atoms with van der Waals surface area (Å²) in [5.41, 5.74) is 2.99. The van der Waals surface area contributed by atoms with E-state index in [1.165, 1.54) is 0 Å². The molecule has 0 heterocycles. The van der Waals surface area contributed by atoms with Crippen molar-refractivity contribution in [1.29, 1.82) is 0 Å². The van der Waals surface area contributed by atoms with Crippen LogP contribution in [0.1, 0.15) is 29.7 Å². The first-order valence-corrected chi connectivity index (χ1v) is 11.3. The van der Waals surface area contributed by atoms with Crippen LogP contribution in [0.4, 0.5) is 0 Å². The largest absolute Gasteiger partial charge is 0.496 e. The van der Waals surface area contributed by atoms with E-state index < -0.39 is 6.10 Å². The van der Waals surface area contributed by atoms with Crippen molar-refractivity contribution in [3.05, 3.63) is 88.4 Å². The van der Waals surface area contributed by atoms with Gasteiger partial charge < -0.3 is 19.3 Å². The second-order valence-corrected chi connectivity index (χ2v) is 8.49. The molecule has 0 aromatic heterocycles. The molecule has 0 amide bonds. The lowest BCUT2D eigenvalue weighted by Gasteiger charge is -2.32. The predicted octanol–water partition coefficient (Wildman–Crippen LogP) is 5.53. The van der Waals surface area contributed by atoms with Crippen LogP contribution in [0.5, 0.6) is 17.2 Å². The molecule has 1 unspecified atom stereocenters. The molecule has 3 aromatic rings. The molecule has 0 spiro atoms. The lowest BCUT2D eigenvalue weighted by Crippen LogP contribution is -2.37. The maximum atomic E-state index is 11.0. The van der Waals surface area contributed by atoms with Gasteiger partial charge in [0.05, 0.1) is 27.4 Å². The molecule has 0 aliphatic carbocycles. The van der Waals surface area contributed by atoms with Gasteiger partial charge in [-0.15, -0.1) is 0 Å². The van der Waals surface area contributed by atoms with E-state index in [-0.39, 0.29) is 6.04 Å². The van der Waals surface area contributed by atoms with Crippen molar-refractivity contribution in [3.63, 3.8) is 0 Å². The van der Waals surface area contributed by atoms with Crippen molar-refractivity contribution >= 4 is 11.6 Å². The highest BCUT2D eigenvalue weighted by Gasteiger charge is 2.21. The topological polar surface area (TPSA) is 51.2 Å². The van der Waals surface area contributed by atoms with Gasteiger partial charge >= 0.3 is 0 Å². The zero-order valence-electron chi connectivity index (χ0n) is 19.6. The highest BCUT2D eigenvalue weighted by atomic mass is 35.5. The molecule has 3 rings (SSSR count). The van der Waals surface area contributed by atoms with Crippen LogP contribution in [0.15, 0.2) is 66.7 Å². The number of methoxy groups -OCH3 is 3. The Labute approximate surface area is 201 Å². The van der Waals surface area contributed by atoms with Gasteiger partial charge in [-0.2, -0.15) is 0 Å². The zero-order chi connectivity index (χ0) is 23.8. The highest BCUT2D eigenvalue weighted by Crippen LogP contribution is 2.29. The average molecular weight is 470 g/mol. The van der Waals surface area contributed by atoms with E-state index in [9.17, 15) is 5.11 Å². The standard InChI is InChI=1S/C27H32ClNO4/c1-19(14-20-12-13-26(32-3)27(15-20)33-4)29(17-22-8-5-6-11-25(22)31-2)18-24(30)21-9-7-10-23(28)16-21/h5-13,15-16,19,24,30H,14,17-18H2,1-4H3/t19-,24?/m1/s1. The molecular formula is C27H32ClNO4. The van der Waals surface area contributed by atoms with Gasteiger partial charge in [0.1, 0.15) is 5.75 Å². The molecule has 6 heteroatoms. The van der Waals surface area contributed by atoms with Crippen molar-refractivity contribution in [3.8, 4) is 17.2 Å². The fraction of sp³-hybridized carbons (Fsp3) is 0.333. The van der Waals surface area contributed by atoms with E-state index in [1.807, 2.05) is 60.7 Å². The minimum atomic E-state index is -0.675. The van der Waals surface area contributed by atoms with E-state index in [2.05, 4.69) is 17.9 Å². The summed E-state index contributed by atoms with van der Waals surface area (Å²) in [7, 11) is 4.95. The van der Waals surface area contributed by atoms with Gasteiger partial charge in [0.15, 0.2) is 11.5 Å². The number of halogens is 1. The number of ether oxygens (including phenoxy) is 3. The number of hydrogen-bond acceptors (Lipinski definition) is 5. The van der Waals surface area contributed by atoms with E-state index in [0.717, 1.165) is 28.9 Å². The monoisotopic (exact) mass is 469 g/mol. The van der Waals surface area contributed by atoms with Crippen LogP contribution in [-0.4, -0.2) is 43.9 Å². The Morgan fingerprint density at radius 1 is 0.848 bits per heavy atom. The fourth-order valence-electron chi connectivity index (χ4n) is 3.97. The first-order chi connectivity index (χ1) is 15.9. The smallest absolute Gasteiger partial charge is 0.160 e. The van der Waals surface area contributed by atoms with Crippen LogP contribution in [0, 0.1) is 0 Å². The molecule has 2 atom stereocenters. The van der Waals surface area contributed by atoms with Gasteiger partial charge in [-0.1, -0.05) is 48.0 Å². The summed E-state index contributed by atoms with van der Waals surface area (Å²) in [5.74, 6) is 2.24. The van der Waals surface area contributed by atoms with Gasteiger partial charge in [-0.05, 0) is 54.8 Å². The minimum Gasteiger partial charge on any atom is -0.496 e. The average Bonchev–Trinajstić information content (AvgIpc) is 2.83. The van der Waals surface area contributed by atoms with Gasteiger partial charge in [0, 0.05) is 29.7 Å². The highest BCUT2D eigenvalue weighted by molar-refractivity contribution is 6.30. The molecule has 33 heavy (non-hydrogen) atoms. The fourth-order valence-corrected chi connectivity index (χ4v) is 4.17. The second kappa shape index (κ2) is 11.9. The summed E-state index contributed by atoms with van der Waals surface area (Å²) >= 11 is 6.15. The third-order valence-electron chi connectivity index (χ3n) is 5.81. The number of hydrogen-bond donors (Lipinski definition) is 1. The van der Waals surface area contributed by atoms with Crippen molar-refractivity contribution in [2.45, 2.75) is 32.0 Å². The van der Waals surface area contributed by atoms with Gasteiger partial charge in [0.25, 0.3) is 0 Å². The number of aliphatic hydroxyl groups excluding tert-OH is 1. The van der Waals surface area contributed by atoms with E-state index in [4.69, 9.17) is 25.8 Å². The lowest BCUT2D eigenvalue weighted by atomic mass is 10.0. The van der Waals surface area contributed by atoms with Gasteiger partial charge in [-0.3, -0.25) is 4.90 Å². The first kappa shape index (κ1) is 24.9. The number of aliphatic hydroxyl groups is 1. The van der Waals surface area contributed by atoms with Gasteiger partial charge in [0.2, 0.25) is 0 Å². The molecule has 5 nitrogen and oxygen atoms in total. The Kier molecular flexibility index (Phi) is 9.01. The van der Waals surface area contributed by atoms with Crippen molar-refractivity contribution in [2.75, 3.05) is 27.9 Å². The zero-order valence-corrected chi connectivity index (χ0v) is 20.4. The number of nitrogens with zero attached hydrogens (tertiary/aromatic N) is 1. The summed E-state index contributed by atoms with van der Waals surface area (Å²) in [6.45, 7) is 3.25. The summed E-state index contributed by atoms with van der Waals surface area (Å²) in [4.78, 5) is 2.26. The van der Waals surface area contributed by atoms with Crippen molar-refractivity contribution in [2.24, 2.45) is 0 Å². The molecule has 0 saturated heterocycles. The summed E-state index contributed by atoms with van der Waals surface area (Å²) in [6, 6.07) is 21.5. The van der Waals surface area contributed by atoms with Crippen molar-refractivity contribution in [1.82, 2.24) is 4.90 Å². The molecular weight excluding hydrogens is 438 g/mol. The molecule has 176 valence electrons. The number of benzene rings is 3. The first-order valence-electron chi connectivity index (χ1n) is 11.0. The molecule has 1 N–H and O–H groups in total. The third-order valence-corrected chi connectivity index (χ3v) is 6.04. The normalized spacial score (nSPS) is 12.9. The molecule has 0 bridgehead atoms. The Bertz CT molecular complexity index is 1040. The molecule has 0 fully saturated rings. The molecule has 0 aliphatic rings. The van der Waals surface area contributed by atoms with Crippen LogP contribution in [0.3, 0.4) is 0 Å². The SMILES string of the molecule is COc1ccccc1CN(CC(O)c1cccc(Cl)c1)[C@H](C)Cc1ccc(OC)c(OC)c1. The summed E-state index contributed by atoms with van der Waals surface area (Å²) < 4.78 is 16.4. The van der Waals surface area contributed by atoms with E-state index in [1.54, 1.807) is 21.3 Å². The van der Waals surface area contributed by atoms with Crippen LogP contribution in [0.25, 0.3) is 0 Å².